The molecule has 2 heterocycles. The molecule has 3 rings (SSSR count). The maximum absolute atomic E-state index is 12.9. The monoisotopic (exact) mass is 423 g/mol. The van der Waals surface area contributed by atoms with Gasteiger partial charge in [-0.05, 0) is 18.2 Å². The minimum absolute atomic E-state index is 0.0202. The highest BCUT2D eigenvalue weighted by Crippen LogP contribution is 2.37. The summed E-state index contributed by atoms with van der Waals surface area (Å²) in [6, 6.07) is 2.04. The lowest BCUT2D eigenvalue weighted by Crippen LogP contribution is -2.36. The van der Waals surface area contributed by atoms with Crippen LogP contribution in [0.25, 0.3) is 0 Å². The SMILES string of the molecule is O=C(Nc1cc(C(F)(F)F)cc(C(F)(F)F)c1)C1CSc2nccc(=O)n2C1. The van der Waals surface area contributed by atoms with Crippen molar-refractivity contribution < 1.29 is 31.1 Å². The van der Waals surface area contributed by atoms with Crippen molar-refractivity contribution in [1.82, 2.24) is 9.55 Å². The number of thioether (sulfide) groups is 1. The first-order chi connectivity index (χ1) is 12.9. The number of amides is 1. The molecule has 1 atom stereocenters. The van der Waals surface area contributed by atoms with Crippen LogP contribution in [0.15, 0.2) is 40.4 Å². The Hall–Kier alpha value is -2.50. The highest BCUT2D eigenvalue weighted by Gasteiger charge is 2.37. The Morgan fingerprint density at radius 2 is 1.71 bits per heavy atom. The Balaban J connectivity index is 1.86. The predicted octanol–water partition coefficient (Wildman–Crippen LogP) is 3.64. The molecule has 12 heteroatoms. The fourth-order valence-corrected chi connectivity index (χ4v) is 3.64. The number of halogens is 6. The van der Waals surface area contributed by atoms with Gasteiger partial charge in [0.1, 0.15) is 0 Å². The third-order valence-electron chi connectivity index (χ3n) is 3.94. The molecule has 1 aliphatic rings. The molecule has 1 aromatic heterocycles. The average molecular weight is 423 g/mol. The molecule has 1 aliphatic heterocycles. The van der Waals surface area contributed by atoms with Crippen molar-refractivity contribution >= 4 is 23.4 Å². The first-order valence-corrected chi connectivity index (χ1v) is 8.73. The molecule has 1 N–H and O–H groups in total. The van der Waals surface area contributed by atoms with Crippen molar-refractivity contribution in [2.24, 2.45) is 5.92 Å². The molecular weight excluding hydrogens is 412 g/mol. The molecule has 28 heavy (non-hydrogen) atoms. The lowest BCUT2D eigenvalue weighted by atomic mass is 10.1. The van der Waals surface area contributed by atoms with Gasteiger partial charge in [0.15, 0.2) is 5.16 Å². The normalized spacial score (nSPS) is 17.1. The first kappa shape index (κ1) is 20.2. The van der Waals surface area contributed by atoms with Gasteiger partial charge in [0, 0.05) is 30.2 Å². The van der Waals surface area contributed by atoms with E-state index in [1.165, 1.54) is 16.8 Å². The van der Waals surface area contributed by atoms with Crippen LogP contribution in [0.4, 0.5) is 32.0 Å². The standard InChI is InChI=1S/C16H11F6N3O2S/c17-15(18,19)9-3-10(16(20,21)22)5-11(4-9)24-13(27)8-6-25-12(26)1-2-23-14(25)28-7-8/h1-5,8H,6-7H2,(H,24,27). The second-order valence-corrected chi connectivity index (χ2v) is 6.96. The third kappa shape index (κ3) is 4.32. The number of nitrogens with one attached hydrogen (secondary N) is 1. The van der Waals surface area contributed by atoms with Crippen molar-refractivity contribution in [2.45, 2.75) is 24.1 Å². The molecule has 0 saturated heterocycles. The molecule has 0 aliphatic carbocycles. The van der Waals surface area contributed by atoms with Gasteiger partial charge in [-0.15, -0.1) is 0 Å². The minimum Gasteiger partial charge on any atom is -0.326 e. The van der Waals surface area contributed by atoms with Gasteiger partial charge in [-0.3, -0.25) is 14.2 Å². The number of hydrogen-bond acceptors (Lipinski definition) is 4. The van der Waals surface area contributed by atoms with Gasteiger partial charge in [-0.25, -0.2) is 4.98 Å². The van der Waals surface area contributed by atoms with Crippen molar-refractivity contribution in [3.8, 4) is 0 Å². The van der Waals surface area contributed by atoms with Crippen LogP contribution in [-0.4, -0.2) is 21.2 Å². The number of hydrogen-bond donors (Lipinski definition) is 1. The van der Waals surface area contributed by atoms with Crippen molar-refractivity contribution in [3.05, 3.63) is 51.9 Å². The summed E-state index contributed by atoms with van der Waals surface area (Å²) in [5.41, 5.74) is -4.09. The second kappa shape index (κ2) is 7.15. The number of aromatic nitrogens is 2. The number of anilines is 1. The zero-order chi connectivity index (χ0) is 20.7. The van der Waals surface area contributed by atoms with Crippen LogP contribution in [0, 0.1) is 5.92 Å². The van der Waals surface area contributed by atoms with Gasteiger partial charge in [-0.2, -0.15) is 26.3 Å². The third-order valence-corrected chi connectivity index (χ3v) is 5.09. The van der Waals surface area contributed by atoms with Crippen LogP contribution >= 0.6 is 11.8 Å². The van der Waals surface area contributed by atoms with E-state index in [2.05, 4.69) is 10.3 Å². The number of carbonyl (C=O) groups excluding carboxylic acids is 1. The summed E-state index contributed by atoms with van der Waals surface area (Å²) in [5, 5.41) is 2.48. The first-order valence-electron chi connectivity index (χ1n) is 7.74. The van der Waals surface area contributed by atoms with Crippen molar-refractivity contribution in [2.75, 3.05) is 11.1 Å². The van der Waals surface area contributed by atoms with Crippen molar-refractivity contribution in [1.29, 1.82) is 0 Å². The molecule has 0 saturated carbocycles. The smallest absolute Gasteiger partial charge is 0.326 e. The quantitative estimate of drug-likeness (QED) is 0.592. The fraction of sp³-hybridized carbons (Fsp3) is 0.312. The van der Waals surface area contributed by atoms with E-state index in [1.807, 2.05) is 0 Å². The number of carbonyl (C=O) groups is 1. The van der Waals surface area contributed by atoms with E-state index >= 15 is 0 Å². The van der Waals surface area contributed by atoms with Crippen molar-refractivity contribution in [3.63, 3.8) is 0 Å². The maximum Gasteiger partial charge on any atom is 0.416 e. The van der Waals surface area contributed by atoms with Gasteiger partial charge in [-0.1, -0.05) is 11.8 Å². The number of rotatable bonds is 2. The Morgan fingerprint density at radius 3 is 2.29 bits per heavy atom. The van der Waals surface area contributed by atoms with Crippen LogP contribution in [0.5, 0.6) is 0 Å². The van der Waals surface area contributed by atoms with E-state index in [1.54, 1.807) is 0 Å². The zero-order valence-corrected chi connectivity index (χ0v) is 14.6. The van der Waals surface area contributed by atoms with E-state index in [4.69, 9.17) is 0 Å². The Morgan fingerprint density at radius 1 is 1.11 bits per heavy atom. The molecule has 0 bridgehead atoms. The Labute approximate surface area is 157 Å². The summed E-state index contributed by atoms with van der Waals surface area (Å²) in [4.78, 5) is 28.2. The molecule has 150 valence electrons. The number of benzene rings is 1. The summed E-state index contributed by atoms with van der Waals surface area (Å²) >= 11 is 1.10. The lowest BCUT2D eigenvalue weighted by molar-refractivity contribution is -0.143. The zero-order valence-electron chi connectivity index (χ0n) is 13.8. The van der Waals surface area contributed by atoms with Crippen LogP contribution in [-0.2, 0) is 23.7 Å². The lowest BCUT2D eigenvalue weighted by Gasteiger charge is -2.24. The fourth-order valence-electron chi connectivity index (χ4n) is 2.58. The van der Waals surface area contributed by atoms with E-state index in [9.17, 15) is 35.9 Å². The molecule has 1 amide bonds. The average Bonchev–Trinajstić information content (AvgIpc) is 2.60. The Kier molecular flexibility index (Phi) is 5.17. The molecule has 0 radical (unpaired) electrons. The van der Waals surface area contributed by atoms with E-state index in [-0.39, 0.29) is 18.4 Å². The molecule has 1 aromatic carbocycles. The highest BCUT2D eigenvalue weighted by molar-refractivity contribution is 7.99. The van der Waals surface area contributed by atoms with Crippen LogP contribution in [0.2, 0.25) is 0 Å². The molecule has 0 spiro atoms. The topological polar surface area (TPSA) is 64.0 Å². The summed E-state index contributed by atoms with van der Waals surface area (Å²) in [5.74, 6) is -1.45. The summed E-state index contributed by atoms with van der Waals surface area (Å²) in [6.07, 6.45) is -8.72. The molecular formula is C16H11F6N3O2S. The van der Waals surface area contributed by atoms with Gasteiger partial charge >= 0.3 is 12.4 Å². The van der Waals surface area contributed by atoms with Crippen LogP contribution in [0.3, 0.4) is 0 Å². The van der Waals surface area contributed by atoms with E-state index < -0.39 is 46.6 Å². The minimum atomic E-state index is -5.01. The van der Waals surface area contributed by atoms with Gasteiger partial charge in [0.2, 0.25) is 5.91 Å². The van der Waals surface area contributed by atoms with Gasteiger partial charge in [0.05, 0.1) is 17.0 Å². The summed E-state index contributed by atoms with van der Waals surface area (Å²) < 4.78 is 78.7. The number of alkyl halides is 6. The molecule has 1 unspecified atom stereocenters. The van der Waals surface area contributed by atoms with Gasteiger partial charge < -0.3 is 5.32 Å². The van der Waals surface area contributed by atoms with E-state index in [0.29, 0.717) is 17.3 Å². The van der Waals surface area contributed by atoms with Crippen LogP contribution < -0.4 is 10.9 Å². The molecule has 5 nitrogen and oxygen atoms in total. The summed E-state index contributed by atoms with van der Waals surface area (Å²) in [7, 11) is 0. The van der Waals surface area contributed by atoms with E-state index in [0.717, 1.165) is 11.8 Å². The van der Waals surface area contributed by atoms with Gasteiger partial charge in [0.25, 0.3) is 5.56 Å². The number of fused-ring (bicyclic) bond motifs is 1. The number of nitrogens with zero attached hydrogens (tertiary/aromatic N) is 2. The largest absolute Gasteiger partial charge is 0.416 e. The van der Waals surface area contributed by atoms with Crippen LogP contribution in [0.1, 0.15) is 11.1 Å². The Bertz CT molecular complexity index is 938. The molecule has 2 aromatic rings. The second-order valence-electron chi connectivity index (χ2n) is 5.97. The highest BCUT2D eigenvalue weighted by atomic mass is 32.2. The summed E-state index contributed by atoms with van der Waals surface area (Å²) in [6.45, 7) is -0.0775. The molecule has 0 fully saturated rings. The predicted molar refractivity (Wildman–Crippen MR) is 87.8 cm³/mol. The maximum atomic E-state index is 12.9.